The molecule has 5 heteroatoms. The average Bonchev–Trinajstić information content (AvgIpc) is 2.63. The zero-order chi connectivity index (χ0) is 17.9. The monoisotopic (exact) mass is 357 g/mol. The van der Waals surface area contributed by atoms with Crippen molar-refractivity contribution in [2.75, 3.05) is 0 Å². The minimum absolute atomic E-state index is 0.118. The van der Waals surface area contributed by atoms with E-state index in [4.69, 9.17) is 0 Å². The zero-order valence-electron chi connectivity index (χ0n) is 14.4. The first-order valence-electron chi connectivity index (χ1n) is 8.69. The number of carbonyl (C=O) groups is 1. The predicted molar refractivity (Wildman–Crippen MR) is 98.5 cm³/mol. The Hall–Kier alpha value is -2.14. The molecule has 132 valence electrons. The molecule has 1 amide bonds. The van der Waals surface area contributed by atoms with Crippen LogP contribution in [-0.4, -0.2) is 14.3 Å². The maximum atomic E-state index is 12.4. The summed E-state index contributed by atoms with van der Waals surface area (Å²) in [5.41, 5.74) is 3.15. The summed E-state index contributed by atoms with van der Waals surface area (Å²) >= 11 is 0. The second-order valence-electron chi connectivity index (χ2n) is 6.70. The second kappa shape index (κ2) is 7.40. The fraction of sp³-hybridized carbons (Fsp3) is 0.350. The van der Waals surface area contributed by atoms with E-state index in [1.165, 1.54) is 5.56 Å². The van der Waals surface area contributed by atoms with Crippen molar-refractivity contribution in [1.82, 2.24) is 4.72 Å². The van der Waals surface area contributed by atoms with Gasteiger partial charge in [0.1, 0.15) is 0 Å². The van der Waals surface area contributed by atoms with E-state index < -0.39 is 10.0 Å². The van der Waals surface area contributed by atoms with Crippen LogP contribution >= 0.6 is 0 Å². The molecule has 2 aromatic rings. The van der Waals surface area contributed by atoms with Gasteiger partial charge >= 0.3 is 0 Å². The first-order valence-corrected chi connectivity index (χ1v) is 10.2. The molecule has 0 heterocycles. The Kier molecular flexibility index (Phi) is 5.23. The number of hydrogen-bond acceptors (Lipinski definition) is 3. The summed E-state index contributed by atoms with van der Waals surface area (Å²) in [6, 6.07) is 14.7. The minimum atomic E-state index is -3.81. The number of aryl methyl sites for hydroxylation is 1. The fourth-order valence-corrected chi connectivity index (χ4v) is 4.26. The molecule has 3 rings (SSSR count). The topological polar surface area (TPSA) is 63.2 Å². The third kappa shape index (κ3) is 4.28. The number of carbonyl (C=O) groups excluding carboxylic acids is 1. The van der Waals surface area contributed by atoms with Crippen LogP contribution < -0.4 is 4.72 Å². The van der Waals surface area contributed by atoms with Gasteiger partial charge in [0.2, 0.25) is 5.91 Å². The van der Waals surface area contributed by atoms with E-state index in [0.717, 1.165) is 43.2 Å². The van der Waals surface area contributed by atoms with Crippen molar-refractivity contribution in [3.63, 3.8) is 0 Å². The summed E-state index contributed by atoms with van der Waals surface area (Å²) in [4.78, 5) is 12.3. The van der Waals surface area contributed by atoms with Gasteiger partial charge in [-0.05, 0) is 43.0 Å². The molecule has 0 spiro atoms. The molecule has 25 heavy (non-hydrogen) atoms. The molecule has 0 aromatic heterocycles. The summed E-state index contributed by atoms with van der Waals surface area (Å²) in [6.07, 6.45) is 4.64. The molecule has 0 radical (unpaired) electrons. The lowest BCUT2D eigenvalue weighted by molar-refractivity contribution is -0.124. The highest BCUT2D eigenvalue weighted by molar-refractivity contribution is 7.90. The molecule has 0 atom stereocenters. The fourth-order valence-electron chi connectivity index (χ4n) is 3.21. The molecule has 2 aromatic carbocycles. The van der Waals surface area contributed by atoms with Gasteiger partial charge in [0, 0.05) is 5.92 Å². The SMILES string of the molecule is Cc1ccc(-c2ccc(S(=O)(=O)NC(=O)C3CCCCC3)cc2)cc1. The van der Waals surface area contributed by atoms with Crippen molar-refractivity contribution in [2.24, 2.45) is 5.92 Å². The van der Waals surface area contributed by atoms with Crippen LogP contribution in [0.15, 0.2) is 53.4 Å². The molecule has 0 bridgehead atoms. The number of amides is 1. The van der Waals surface area contributed by atoms with E-state index in [2.05, 4.69) is 4.72 Å². The van der Waals surface area contributed by atoms with E-state index in [1.54, 1.807) is 24.3 Å². The lowest BCUT2D eigenvalue weighted by Crippen LogP contribution is -2.36. The number of rotatable bonds is 4. The lowest BCUT2D eigenvalue weighted by Gasteiger charge is -2.20. The van der Waals surface area contributed by atoms with E-state index in [1.807, 2.05) is 31.2 Å². The second-order valence-corrected chi connectivity index (χ2v) is 8.38. The van der Waals surface area contributed by atoms with Crippen molar-refractivity contribution in [1.29, 1.82) is 0 Å². The van der Waals surface area contributed by atoms with Gasteiger partial charge in [-0.15, -0.1) is 0 Å². The molecular formula is C20H23NO3S. The molecule has 4 nitrogen and oxygen atoms in total. The predicted octanol–water partition coefficient (Wildman–Crippen LogP) is 4.05. The van der Waals surface area contributed by atoms with Crippen LogP contribution in [0, 0.1) is 12.8 Å². The Morgan fingerprint density at radius 1 is 0.880 bits per heavy atom. The standard InChI is InChI=1S/C20H23NO3S/c1-15-7-9-16(10-8-15)17-11-13-19(14-12-17)25(23,24)21-20(22)18-5-3-2-4-6-18/h7-14,18H,2-6H2,1H3,(H,21,22). The Morgan fingerprint density at radius 2 is 1.40 bits per heavy atom. The van der Waals surface area contributed by atoms with Gasteiger partial charge in [-0.25, -0.2) is 13.1 Å². The third-order valence-electron chi connectivity index (χ3n) is 4.76. The molecule has 0 aliphatic heterocycles. The average molecular weight is 357 g/mol. The third-order valence-corrected chi connectivity index (χ3v) is 6.12. The summed E-state index contributed by atoms with van der Waals surface area (Å²) < 4.78 is 27.1. The van der Waals surface area contributed by atoms with Gasteiger partial charge in [-0.3, -0.25) is 4.79 Å². The van der Waals surface area contributed by atoms with E-state index in [-0.39, 0.29) is 16.7 Å². The van der Waals surface area contributed by atoms with Crippen LogP contribution in [0.3, 0.4) is 0 Å². The van der Waals surface area contributed by atoms with Gasteiger partial charge in [-0.2, -0.15) is 0 Å². The summed E-state index contributed by atoms with van der Waals surface area (Å²) in [6.45, 7) is 2.02. The Bertz CT molecular complexity index is 834. The molecule has 0 unspecified atom stereocenters. The van der Waals surface area contributed by atoms with Gasteiger partial charge in [-0.1, -0.05) is 61.2 Å². The van der Waals surface area contributed by atoms with Crippen molar-refractivity contribution in [3.05, 3.63) is 54.1 Å². The minimum Gasteiger partial charge on any atom is -0.274 e. The van der Waals surface area contributed by atoms with Crippen LogP contribution in [0.25, 0.3) is 11.1 Å². The molecular weight excluding hydrogens is 334 g/mol. The molecule has 0 saturated heterocycles. The normalized spacial score (nSPS) is 15.7. The van der Waals surface area contributed by atoms with Crippen LogP contribution in [0.5, 0.6) is 0 Å². The van der Waals surface area contributed by atoms with Gasteiger partial charge in [0.25, 0.3) is 10.0 Å². The largest absolute Gasteiger partial charge is 0.274 e. The van der Waals surface area contributed by atoms with Crippen LogP contribution in [0.2, 0.25) is 0 Å². The highest BCUT2D eigenvalue weighted by Crippen LogP contribution is 2.25. The van der Waals surface area contributed by atoms with Crippen molar-refractivity contribution in [3.8, 4) is 11.1 Å². The summed E-state index contributed by atoms with van der Waals surface area (Å²) in [5, 5.41) is 0. The van der Waals surface area contributed by atoms with E-state index >= 15 is 0 Å². The van der Waals surface area contributed by atoms with Crippen molar-refractivity contribution >= 4 is 15.9 Å². The highest BCUT2D eigenvalue weighted by atomic mass is 32.2. The molecule has 1 aliphatic carbocycles. The van der Waals surface area contributed by atoms with Crippen molar-refractivity contribution < 1.29 is 13.2 Å². The van der Waals surface area contributed by atoms with Gasteiger partial charge < -0.3 is 0 Å². The maximum Gasteiger partial charge on any atom is 0.264 e. The molecule has 1 fully saturated rings. The lowest BCUT2D eigenvalue weighted by atomic mass is 9.89. The van der Waals surface area contributed by atoms with Crippen LogP contribution in [-0.2, 0) is 14.8 Å². The van der Waals surface area contributed by atoms with Gasteiger partial charge in [0.15, 0.2) is 0 Å². The smallest absolute Gasteiger partial charge is 0.264 e. The Balaban J connectivity index is 1.73. The Morgan fingerprint density at radius 3 is 1.96 bits per heavy atom. The quantitative estimate of drug-likeness (QED) is 0.898. The van der Waals surface area contributed by atoms with Gasteiger partial charge in [0.05, 0.1) is 4.90 Å². The molecule has 1 N–H and O–H groups in total. The molecule has 1 saturated carbocycles. The summed E-state index contributed by atoms with van der Waals surface area (Å²) in [5.74, 6) is -0.558. The first kappa shape index (κ1) is 17.7. The number of sulfonamides is 1. The van der Waals surface area contributed by atoms with Crippen LogP contribution in [0.4, 0.5) is 0 Å². The number of hydrogen-bond donors (Lipinski definition) is 1. The molecule has 1 aliphatic rings. The zero-order valence-corrected chi connectivity index (χ0v) is 15.2. The number of nitrogens with one attached hydrogen (secondary N) is 1. The first-order chi connectivity index (χ1) is 12.0. The van der Waals surface area contributed by atoms with Crippen LogP contribution in [0.1, 0.15) is 37.7 Å². The summed E-state index contributed by atoms with van der Waals surface area (Å²) in [7, 11) is -3.81. The number of benzene rings is 2. The maximum absolute atomic E-state index is 12.4. The van der Waals surface area contributed by atoms with Crippen molar-refractivity contribution in [2.45, 2.75) is 43.9 Å². The van der Waals surface area contributed by atoms with E-state index in [9.17, 15) is 13.2 Å². The van der Waals surface area contributed by atoms with E-state index in [0.29, 0.717) is 0 Å². The highest BCUT2D eigenvalue weighted by Gasteiger charge is 2.25. The Labute approximate surface area is 149 Å².